The highest BCUT2D eigenvalue weighted by Gasteiger charge is 2.10. The fraction of sp³-hybridized carbons (Fsp3) is 0.273. The lowest BCUT2D eigenvalue weighted by Gasteiger charge is -1.96. The van der Waals surface area contributed by atoms with E-state index in [0.717, 1.165) is 12.1 Å². The van der Waals surface area contributed by atoms with Crippen molar-refractivity contribution >= 4 is 11.7 Å². The van der Waals surface area contributed by atoms with Gasteiger partial charge in [0, 0.05) is 11.8 Å². The minimum atomic E-state index is -0.217. The molecule has 0 radical (unpaired) electrons. The van der Waals surface area contributed by atoms with Crippen LogP contribution in [0.25, 0.3) is 0 Å². The van der Waals surface area contributed by atoms with E-state index in [4.69, 9.17) is 4.42 Å². The summed E-state index contributed by atoms with van der Waals surface area (Å²) in [6.45, 7) is 3.80. The molecule has 0 fully saturated rings. The molecule has 2 aromatic heterocycles. The van der Waals surface area contributed by atoms with Crippen LogP contribution in [0.5, 0.6) is 0 Å². The molecule has 2 N–H and O–H groups in total. The topological polar surface area (TPSA) is 70.9 Å². The van der Waals surface area contributed by atoms with Crippen molar-refractivity contribution in [3.8, 4) is 0 Å². The standard InChI is InChI=1S/C11H13N3O2/c1-3-9-5-10(14-13-9)12-11(15)8-4-7(2)16-6-8/h4-6H,3H2,1-2H3,(H2,12,13,14,15). The maximum absolute atomic E-state index is 11.7. The highest BCUT2D eigenvalue weighted by atomic mass is 16.3. The van der Waals surface area contributed by atoms with Gasteiger partial charge < -0.3 is 9.73 Å². The van der Waals surface area contributed by atoms with Crippen LogP contribution >= 0.6 is 0 Å². The Morgan fingerprint density at radius 3 is 2.94 bits per heavy atom. The van der Waals surface area contributed by atoms with Crippen LogP contribution < -0.4 is 5.32 Å². The molecular formula is C11H13N3O2. The van der Waals surface area contributed by atoms with Crippen LogP contribution in [0.4, 0.5) is 5.82 Å². The summed E-state index contributed by atoms with van der Waals surface area (Å²) in [6, 6.07) is 3.49. The second kappa shape index (κ2) is 4.22. The van der Waals surface area contributed by atoms with Gasteiger partial charge in [-0.2, -0.15) is 5.10 Å². The fourth-order valence-corrected chi connectivity index (χ4v) is 1.36. The van der Waals surface area contributed by atoms with E-state index in [1.54, 1.807) is 13.0 Å². The molecule has 84 valence electrons. The number of carbonyl (C=O) groups excluding carboxylic acids is 1. The van der Waals surface area contributed by atoms with E-state index in [1.165, 1.54) is 6.26 Å². The van der Waals surface area contributed by atoms with Crippen LogP contribution in [0.2, 0.25) is 0 Å². The van der Waals surface area contributed by atoms with Crippen LogP contribution in [0.3, 0.4) is 0 Å². The van der Waals surface area contributed by atoms with E-state index in [2.05, 4.69) is 15.5 Å². The molecular weight excluding hydrogens is 206 g/mol. The van der Waals surface area contributed by atoms with Crippen molar-refractivity contribution in [2.45, 2.75) is 20.3 Å². The average molecular weight is 219 g/mol. The Bertz CT molecular complexity index is 499. The molecule has 5 heteroatoms. The number of carbonyl (C=O) groups is 1. The average Bonchev–Trinajstić information content (AvgIpc) is 2.87. The Morgan fingerprint density at radius 1 is 1.56 bits per heavy atom. The summed E-state index contributed by atoms with van der Waals surface area (Å²) in [6.07, 6.45) is 2.28. The van der Waals surface area contributed by atoms with Crippen molar-refractivity contribution in [2.24, 2.45) is 0 Å². The number of nitrogens with zero attached hydrogens (tertiary/aromatic N) is 1. The van der Waals surface area contributed by atoms with Gasteiger partial charge in [0.15, 0.2) is 5.82 Å². The number of hydrogen-bond donors (Lipinski definition) is 2. The molecule has 0 aliphatic heterocycles. The van der Waals surface area contributed by atoms with E-state index in [9.17, 15) is 4.79 Å². The number of rotatable bonds is 3. The third-order valence-corrected chi connectivity index (χ3v) is 2.25. The quantitative estimate of drug-likeness (QED) is 0.830. The maximum Gasteiger partial charge on any atom is 0.260 e. The number of aromatic nitrogens is 2. The van der Waals surface area contributed by atoms with E-state index < -0.39 is 0 Å². The molecule has 0 aromatic carbocycles. The molecule has 2 rings (SSSR count). The molecule has 0 bridgehead atoms. The molecule has 0 spiro atoms. The number of H-pyrrole nitrogens is 1. The molecule has 2 heterocycles. The Balaban J connectivity index is 2.07. The van der Waals surface area contributed by atoms with E-state index in [-0.39, 0.29) is 5.91 Å². The summed E-state index contributed by atoms with van der Waals surface area (Å²) in [5, 5.41) is 9.49. The number of aromatic amines is 1. The Morgan fingerprint density at radius 2 is 2.38 bits per heavy atom. The van der Waals surface area contributed by atoms with Gasteiger partial charge in [0.1, 0.15) is 12.0 Å². The molecule has 2 aromatic rings. The molecule has 0 saturated heterocycles. The third-order valence-electron chi connectivity index (χ3n) is 2.25. The normalized spacial score (nSPS) is 10.4. The Labute approximate surface area is 92.9 Å². The van der Waals surface area contributed by atoms with Crippen molar-refractivity contribution in [1.29, 1.82) is 0 Å². The molecule has 0 unspecified atom stereocenters. The smallest absolute Gasteiger partial charge is 0.260 e. The number of amides is 1. The van der Waals surface area contributed by atoms with Gasteiger partial charge in [0.05, 0.1) is 5.56 Å². The first-order chi connectivity index (χ1) is 7.69. The third kappa shape index (κ3) is 2.13. The van der Waals surface area contributed by atoms with E-state index >= 15 is 0 Å². The lowest BCUT2D eigenvalue weighted by Crippen LogP contribution is -2.11. The van der Waals surface area contributed by atoms with Crippen LogP contribution in [0.15, 0.2) is 22.8 Å². The molecule has 0 atom stereocenters. The van der Waals surface area contributed by atoms with E-state index in [0.29, 0.717) is 17.1 Å². The van der Waals surface area contributed by atoms with Crippen molar-refractivity contribution in [3.05, 3.63) is 35.4 Å². The van der Waals surface area contributed by atoms with Gasteiger partial charge >= 0.3 is 0 Å². The monoisotopic (exact) mass is 219 g/mol. The van der Waals surface area contributed by atoms with Gasteiger partial charge in [-0.25, -0.2) is 0 Å². The highest BCUT2D eigenvalue weighted by molar-refractivity contribution is 6.03. The molecule has 0 aliphatic carbocycles. The van der Waals surface area contributed by atoms with Gasteiger partial charge in [-0.05, 0) is 19.4 Å². The van der Waals surface area contributed by atoms with Gasteiger partial charge in [-0.1, -0.05) is 6.92 Å². The minimum Gasteiger partial charge on any atom is -0.469 e. The Kier molecular flexibility index (Phi) is 2.76. The largest absolute Gasteiger partial charge is 0.469 e. The first-order valence-corrected chi connectivity index (χ1v) is 5.10. The number of hydrogen-bond acceptors (Lipinski definition) is 3. The van der Waals surface area contributed by atoms with Gasteiger partial charge in [0.2, 0.25) is 0 Å². The molecule has 16 heavy (non-hydrogen) atoms. The van der Waals surface area contributed by atoms with Crippen LogP contribution in [0.1, 0.15) is 28.7 Å². The summed E-state index contributed by atoms with van der Waals surface area (Å²) in [5.41, 5.74) is 1.48. The number of furan rings is 1. The van der Waals surface area contributed by atoms with Crippen LogP contribution in [0, 0.1) is 6.92 Å². The van der Waals surface area contributed by atoms with Crippen molar-refractivity contribution < 1.29 is 9.21 Å². The van der Waals surface area contributed by atoms with Crippen molar-refractivity contribution in [1.82, 2.24) is 10.2 Å². The lowest BCUT2D eigenvalue weighted by molar-refractivity contribution is 0.102. The number of aryl methyl sites for hydroxylation is 2. The number of anilines is 1. The maximum atomic E-state index is 11.7. The Hall–Kier alpha value is -2.04. The first kappa shape index (κ1) is 10.5. The van der Waals surface area contributed by atoms with Crippen LogP contribution in [-0.2, 0) is 6.42 Å². The van der Waals surface area contributed by atoms with Crippen molar-refractivity contribution in [3.63, 3.8) is 0 Å². The lowest BCUT2D eigenvalue weighted by atomic mass is 10.3. The summed E-state index contributed by atoms with van der Waals surface area (Å²) < 4.78 is 5.06. The van der Waals surface area contributed by atoms with E-state index in [1.807, 2.05) is 13.0 Å². The second-order valence-corrected chi connectivity index (χ2v) is 3.53. The van der Waals surface area contributed by atoms with Crippen molar-refractivity contribution in [2.75, 3.05) is 5.32 Å². The predicted molar refractivity (Wildman–Crippen MR) is 59.4 cm³/mol. The summed E-state index contributed by atoms with van der Waals surface area (Å²) in [7, 11) is 0. The zero-order valence-electron chi connectivity index (χ0n) is 9.20. The predicted octanol–water partition coefficient (Wildman–Crippen LogP) is 2.13. The number of nitrogens with one attached hydrogen (secondary N) is 2. The van der Waals surface area contributed by atoms with Crippen LogP contribution in [-0.4, -0.2) is 16.1 Å². The van der Waals surface area contributed by atoms with Gasteiger partial charge in [-0.3, -0.25) is 9.89 Å². The summed E-state index contributed by atoms with van der Waals surface area (Å²) >= 11 is 0. The second-order valence-electron chi connectivity index (χ2n) is 3.53. The molecule has 0 saturated carbocycles. The summed E-state index contributed by atoms with van der Waals surface area (Å²) in [5.74, 6) is 1.02. The van der Waals surface area contributed by atoms with Gasteiger partial charge in [0.25, 0.3) is 5.91 Å². The highest BCUT2D eigenvalue weighted by Crippen LogP contribution is 2.10. The zero-order valence-corrected chi connectivity index (χ0v) is 9.20. The minimum absolute atomic E-state index is 0.217. The molecule has 1 amide bonds. The first-order valence-electron chi connectivity index (χ1n) is 5.10. The van der Waals surface area contributed by atoms with Gasteiger partial charge in [-0.15, -0.1) is 0 Å². The molecule has 0 aliphatic rings. The SMILES string of the molecule is CCc1cc(NC(=O)c2coc(C)c2)n[nH]1. The summed E-state index contributed by atoms with van der Waals surface area (Å²) in [4.78, 5) is 11.7. The zero-order chi connectivity index (χ0) is 11.5. The molecule has 5 nitrogen and oxygen atoms in total. The fourth-order valence-electron chi connectivity index (χ4n) is 1.36.